The number of allylic oxidation sites excluding steroid dienone is 7. The zero-order valence-corrected chi connectivity index (χ0v) is 17.4. The van der Waals surface area contributed by atoms with E-state index in [1.807, 2.05) is 26.0 Å². The van der Waals surface area contributed by atoms with Gasteiger partial charge in [-0.05, 0) is 39.7 Å². The van der Waals surface area contributed by atoms with Crippen molar-refractivity contribution in [3.05, 3.63) is 51.9 Å². The highest BCUT2D eigenvalue weighted by Gasteiger charge is 2.24. The van der Waals surface area contributed by atoms with E-state index in [-0.39, 0.29) is 0 Å². The van der Waals surface area contributed by atoms with Crippen molar-refractivity contribution >= 4 is 35.4 Å². The van der Waals surface area contributed by atoms with Crippen molar-refractivity contribution in [1.29, 1.82) is 0 Å². The summed E-state index contributed by atoms with van der Waals surface area (Å²) in [7, 11) is 1.78. The molecule has 1 aromatic heterocycles. The van der Waals surface area contributed by atoms with Gasteiger partial charge in [0.15, 0.2) is 0 Å². The molecule has 0 bridgehead atoms. The third kappa shape index (κ3) is 7.32. The van der Waals surface area contributed by atoms with Crippen LogP contribution in [0.3, 0.4) is 0 Å². The minimum absolute atomic E-state index is 0.508. The molecule has 3 N–H and O–H groups in total. The largest absolute Gasteiger partial charge is 0.383 e. The Labute approximate surface area is 165 Å². The molecule has 0 radical (unpaired) electrons. The van der Waals surface area contributed by atoms with E-state index < -0.39 is 5.60 Å². The highest BCUT2D eigenvalue weighted by atomic mass is 32.1. The third-order valence-corrected chi connectivity index (χ3v) is 4.76. The molecule has 6 nitrogen and oxygen atoms in total. The first-order valence-corrected chi connectivity index (χ1v) is 9.35. The number of hydrogen-bond donors (Lipinski definition) is 3. The molecular weight excluding hydrogens is 360 g/mol. The molecule has 0 spiro atoms. The number of thiazole rings is 1. The van der Waals surface area contributed by atoms with Crippen LogP contribution in [0.2, 0.25) is 0 Å². The molecule has 0 saturated carbocycles. The summed E-state index contributed by atoms with van der Waals surface area (Å²) >= 11 is 1.38. The predicted molar refractivity (Wildman–Crippen MR) is 115 cm³/mol. The van der Waals surface area contributed by atoms with Gasteiger partial charge in [-0.3, -0.25) is 4.79 Å². The van der Waals surface area contributed by atoms with E-state index in [1.165, 1.54) is 16.9 Å². The molecule has 0 aliphatic heterocycles. The average molecular weight is 389 g/mol. The number of anilines is 1. The van der Waals surface area contributed by atoms with Crippen molar-refractivity contribution in [1.82, 2.24) is 10.4 Å². The van der Waals surface area contributed by atoms with Gasteiger partial charge in [0, 0.05) is 12.6 Å². The van der Waals surface area contributed by atoms with Crippen LogP contribution in [0.1, 0.15) is 44.0 Å². The Morgan fingerprint density at radius 2 is 2.11 bits per heavy atom. The van der Waals surface area contributed by atoms with Gasteiger partial charge in [-0.1, -0.05) is 36.5 Å². The Hall–Kier alpha value is -2.51. The summed E-state index contributed by atoms with van der Waals surface area (Å²) in [6.45, 7) is 11.2. The van der Waals surface area contributed by atoms with Gasteiger partial charge in [-0.25, -0.2) is 10.4 Å². The number of amides is 1. The maximum absolute atomic E-state index is 10.5. The number of nitrogens with zero attached hydrogens (tertiary/aromatic N) is 2. The zero-order chi connectivity index (χ0) is 20.4. The van der Waals surface area contributed by atoms with Crippen molar-refractivity contribution < 1.29 is 9.90 Å². The highest BCUT2D eigenvalue weighted by Crippen LogP contribution is 2.35. The summed E-state index contributed by atoms with van der Waals surface area (Å²) in [5, 5.41) is 17.9. The van der Waals surface area contributed by atoms with Crippen LogP contribution in [0, 0.1) is 0 Å². The van der Waals surface area contributed by atoms with Crippen molar-refractivity contribution in [3.8, 4) is 0 Å². The molecule has 0 fully saturated rings. The lowest BCUT2D eigenvalue weighted by molar-refractivity contribution is -0.109. The van der Waals surface area contributed by atoms with Gasteiger partial charge in [0.25, 0.3) is 0 Å². The topological polar surface area (TPSA) is 86.6 Å². The van der Waals surface area contributed by atoms with E-state index >= 15 is 0 Å². The number of rotatable bonds is 10. The maximum Gasteiger partial charge on any atom is 0.227 e. The first-order chi connectivity index (χ1) is 12.7. The normalized spacial score (nSPS) is 12.8. The first-order valence-electron chi connectivity index (χ1n) is 8.53. The fourth-order valence-electron chi connectivity index (χ4n) is 2.21. The summed E-state index contributed by atoms with van der Waals surface area (Å²) < 4.78 is 0. The second-order valence-electron chi connectivity index (χ2n) is 6.57. The van der Waals surface area contributed by atoms with Gasteiger partial charge in [-0.2, -0.15) is 5.10 Å². The average Bonchev–Trinajstić information content (AvgIpc) is 3.02. The van der Waals surface area contributed by atoms with Gasteiger partial charge >= 0.3 is 0 Å². The minimum Gasteiger partial charge on any atom is -0.383 e. The van der Waals surface area contributed by atoms with Crippen LogP contribution >= 0.6 is 11.3 Å². The van der Waals surface area contributed by atoms with E-state index in [2.05, 4.69) is 33.5 Å². The van der Waals surface area contributed by atoms with Crippen LogP contribution in [0.15, 0.2) is 47.1 Å². The number of hydrogen-bond acceptors (Lipinski definition) is 6. The summed E-state index contributed by atoms with van der Waals surface area (Å²) in [5.41, 5.74) is 4.31. The van der Waals surface area contributed by atoms with Crippen LogP contribution < -0.4 is 10.7 Å². The lowest BCUT2D eigenvalue weighted by Gasteiger charge is -2.12. The fourth-order valence-corrected chi connectivity index (χ4v) is 3.29. The Morgan fingerprint density at radius 1 is 1.41 bits per heavy atom. The fraction of sp³-hybridized carbons (Fsp3) is 0.350. The zero-order valence-electron chi connectivity index (χ0n) is 16.5. The van der Waals surface area contributed by atoms with Gasteiger partial charge in [0.2, 0.25) is 6.41 Å². The van der Waals surface area contributed by atoms with E-state index in [0.717, 1.165) is 16.0 Å². The molecule has 1 rings (SSSR count). The van der Waals surface area contributed by atoms with E-state index in [4.69, 9.17) is 0 Å². The van der Waals surface area contributed by atoms with Crippen molar-refractivity contribution in [3.63, 3.8) is 0 Å². The van der Waals surface area contributed by atoms with Crippen LogP contribution in [-0.2, 0) is 10.4 Å². The molecule has 7 heteroatoms. The van der Waals surface area contributed by atoms with E-state index in [0.29, 0.717) is 23.7 Å². The molecular formula is C20H28N4O2S. The standard InChI is InChI=1S/C20H28N4O2S/c1-7-8-15(11-14(2)3)9-10-16(12-22-23-13-25)17-18(21-6)24-19(27-17)20(4,5)26/h7-8,10-13,21,26H,1,9H2,2-6H3,(H,23,25)/b15-8-,16-10+,22-12-. The molecule has 0 saturated heterocycles. The molecule has 1 aromatic rings. The first kappa shape index (κ1) is 22.5. The van der Waals surface area contributed by atoms with Crippen LogP contribution in [0.5, 0.6) is 0 Å². The van der Waals surface area contributed by atoms with Crippen molar-refractivity contribution in [2.24, 2.45) is 5.10 Å². The molecule has 0 aromatic carbocycles. The Kier molecular flexibility index (Phi) is 8.84. The Morgan fingerprint density at radius 3 is 2.63 bits per heavy atom. The van der Waals surface area contributed by atoms with Gasteiger partial charge < -0.3 is 10.4 Å². The molecule has 1 heterocycles. The highest BCUT2D eigenvalue weighted by molar-refractivity contribution is 7.13. The number of aliphatic hydroxyl groups is 1. The number of carbonyl (C=O) groups is 1. The van der Waals surface area contributed by atoms with Crippen LogP contribution in [0.4, 0.5) is 5.82 Å². The molecule has 0 atom stereocenters. The Balaban J connectivity index is 3.38. The van der Waals surface area contributed by atoms with E-state index in [1.54, 1.807) is 33.2 Å². The monoisotopic (exact) mass is 388 g/mol. The lowest BCUT2D eigenvalue weighted by Crippen LogP contribution is -2.14. The van der Waals surface area contributed by atoms with Crippen molar-refractivity contribution in [2.75, 3.05) is 12.4 Å². The summed E-state index contributed by atoms with van der Waals surface area (Å²) in [5.74, 6) is 0.650. The SMILES string of the molecule is C=C/C=C(\C=C(C)C)C/C=C(\C=N/NC=O)c1sc(C(C)(C)O)nc1NC. The Bertz CT molecular complexity index is 776. The van der Waals surface area contributed by atoms with Gasteiger partial charge in [0.1, 0.15) is 16.4 Å². The van der Waals surface area contributed by atoms with Crippen molar-refractivity contribution in [2.45, 2.75) is 39.7 Å². The molecule has 0 unspecified atom stereocenters. The number of carbonyl (C=O) groups excluding carboxylic acids is 1. The number of nitrogens with one attached hydrogen (secondary N) is 2. The number of aromatic nitrogens is 1. The van der Waals surface area contributed by atoms with Crippen LogP contribution in [0.25, 0.3) is 5.57 Å². The maximum atomic E-state index is 10.5. The molecule has 1 amide bonds. The minimum atomic E-state index is -1.05. The second-order valence-corrected chi connectivity index (χ2v) is 7.57. The summed E-state index contributed by atoms with van der Waals surface area (Å²) in [6, 6.07) is 0. The van der Waals surface area contributed by atoms with Crippen LogP contribution in [-0.4, -0.2) is 29.8 Å². The molecule has 27 heavy (non-hydrogen) atoms. The smallest absolute Gasteiger partial charge is 0.227 e. The van der Waals surface area contributed by atoms with Gasteiger partial charge in [0.05, 0.1) is 11.1 Å². The molecule has 146 valence electrons. The van der Waals surface area contributed by atoms with Gasteiger partial charge in [-0.15, -0.1) is 11.3 Å². The summed E-state index contributed by atoms with van der Waals surface area (Å²) in [4.78, 5) is 15.8. The molecule has 0 aliphatic carbocycles. The number of hydrazone groups is 1. The quantitative estimate of drug-likeness (QED) is 0.245. The predicted octanol–water partition coefficient (Wildman–Crippen LogP) is 4.00. The lowest BCUT2D eigenvalue weighted by atomic mass is 10.1. The second kappa shape index (κ2) is 10.6. The summed E-state index contributed by atoms with van der Waals surface area (Å²) in [6.07, 6.45) is 10.5. The molecule has 0 aliphatic rings. The third-order valence-electron chi connectivity index (χ3n) is 3.34. The van der Waals surface area contributed by atoms with E-state index in [9.17, 15) is 9.90 Å².